The molecule has 2 aromatic carbocycles. The van der Waals surface area contributed by atoms with Crippen LogP contribution in [0.3, 0.4) is 0 Å². The van der Waals surface area contributed by atoms with Gasteiger partial charge in [-0.3, -0.25) is 4.79 Å². The van der Waals surface area contributed by atoms with Crippen LogP contribution in [0.2, 0.25) is 0 Å². The van der Waals surface area contributed by atoms with E-state index in [1.54, 1.807) is 52.5 Å². The van der Waals surface area contributed by atoms with Gasteiger partial charge in [0.25, 0.3) is 5.91 Å². The minimum Gasteiger partial charge on any atom is -0.497 e. The van der Waals surface area contributed by atoms with Crippen LogP contribution in [0.15, 0.2) is 42.5 Å². The normalized spacial score (nSPS) is 12.7. The van der Waals surface area contributed by atoms with E-state index >= 15 is 0 Å². The molecule has 0 bridgehead atoms. The lowest BCUT2D eigenvalue weighted by atomic mass is 10.1. The summed E-state index contributed by atoms with van der Waals surface area (Å²) in [6.45, 7) is 3.59. The summed E-state index contributed by atoms with van der Waals surface area (Å²) < 4.78 is 21.4. The minimum absolute atomic E-state index is 0.224. The van der Waals surface area contributed by atoms with Crippen molar-refractivity contribution in [1.82, 2.24) is 5.32 Å². The highest BCUT2D eigenvalue weighted by atomic mass is 16.5. The summed E-state index contributed by atoms with van der Waals surface area (Å²) in [7, 11) is 4.79. The molecule has 0 aliphatic rings. The highest BCUT2D eigenvalue weighted by Gasteiger charge is 2.20. The fraction of sp³-hybridized carbons (Fsp3) is 0.350. The molecule has 26 heavy (non-hydrogen) atoms. The molecule has 0 fully saturated rings. The Labute approximate surface area is 154 Å². The van der Waals surface area contributed by atoms with Crippen LogP contribution in [0.4, 0.5) is 0 Å². The molecule has 1 N–H and O–H groups in total. The molecule has 0 saturated heterocycles. The van der Waals surface area contributed by atoms with Crippen LogP contribution in [0.5, 0.6) is 23.0 Å². The van der Waals surface area contributed by atoms with Crippen LogP contribution in [0.1, 0.15) is 25.5 Å². The Morgan fingerprint density at radius 3 is 2.00 bits per heavy atom. The van der Waals surface area contributed by atoms with E-state index in [0.29, 0.717) is 17.2 Å². The number of carbonyl (C=O) groups is 1. The second kappa shape index (κ2) is 8.99. The van der Waals surface area contributed by atoms with Gasteiger partial charge in [-0.2, -0.15) is 0 Å². The van der Waals surface area contributed by atoms with Crippen molar-refractivity contribution in [2.45, 2.75) is 26.0 Å². The average molecular weight is 359 g/mol. The lowest BCUT2D eigenvalue weighted by Crippen LogP contribution is -2.37. The number of carbonyl (C=O) groups excluding carboxylic acids is 1. The van der Waals surface area contributed by atoms with Crippen LogP contribution in [0.25, 0.3) is 0 Å². The molecule has 140 valence electrons. The van der Waals surface area contributed by atoms with Gasteiger partial charge in [-0.05, 0) is 56.3 Å². The largest absolute Gasteiger partial charge is 0.497 e. The maximum absolute atomic E-state index is 12.5. The van der Waals surface area contributed by atoms with Gasteiger partial charge in [0, 0.05) is 5.56 Å². The standard InChI is InChI=1S/C20H25NO5/c1-13(18-12-17(24-4)10-11-19(18)25-5)21-20(22)14(2)26-16-8-6-15(23-3)7-9-16/h6-14H,1-5H3,(H,21,22)/t13-,14+/m0/s1. The van der Waals surface area contributed by atoms with Crippen molar-refractivity contribution in [3.8, 4) is 23.0 Å². The summed E-state index contributed by atoms with van der Waals surface area (Å²) in [6, 6.07) is 12.3. The number of hydrogen-bond donors (Lipinski definition) is 1. The van der Waals surface area contributed by atoms with Gasteiger partial charge in [-0.25, -0.2) is 0 Å². The first-order chi connectivity index (χ1) is 12.5. The molecule has 0 aliphatic carbocycles. The minimum atomic E-state index is -0.651. The molecule has 6 heteroatoms. The van der Waals surface area contributed by atoms with Crippen LogP contribution >= 0.6 is 0 Å². The van der Waals surface area contributed by atoms with Crippen LogP contribution in [-0.2, 0) is 4.79 Å². The van der Waals surface area contributed by atoms with E-state index in [4.69, 9.17) is 18.9 Å². The third-order valence-corrected chi connectivity index (χ3v) is 4.00. The molecule has 2 rings (SSSR count). The van der Waals surface area contributed by atoms with Crippen molar-refractivity contribution in [1.29, 1.82) is 0 Å². The topological polar surface area (TPSA) is 66.0 Å². The summed E-state index contributed by atoms with van der Waals surface area (Å²) in [5.41, 5.74) is 0.830. The van der Waals surface area contributed by atoms with Gasteiger partial charge in [-0.1, -0.05) is 0 Å². The number of hydrogen-bond acceptors (Lipinski definition) is 5. The number of methoxy groups -OCH3 is 3. The summed E-state index contributed by atoms with van der Waals surface area (Å²) in [4.78, 5) is 12.5. The highest BCUT2D eigenvalue weighted by Crippen LogP contribution is 2.29. The van der Waals surface area contributed by atoms with E-state index in [-0.39, 0.29) is 11.9 Å². The van der Waals surface area contributed by atoms with E-state index in [9.17, 15) is 4.79 Å². The molecule has 0 aliphatic heterocycles. The Morgan fingerprint density at radius 2 is 1.42 bits per heavy atom. The number of rotatable bonds is 8. The van der Waals surface area contributed by atoms with Crippen LogP contribution in [-0.4, -0.2) is 33.3 Å². The van der Waals surface area contributed by atoms with Crippen molar-refractivity contribution in [2.75, 3.05) is 21.3 Å². The lowest BCUT2D eigenvalue weighted by Gasteiger charge is -2.21. The van der Waals surface area contributed by atoms with Gasteiger partial charge in [0.05, 0.1) is 27.4 Å². The molecule has 0 heterocycles. The van der Waals surface area contributed by atoms with E-state index in [0.717, 1.165) is 11.3 Å². The van der Waals surface area contributed by atoms with E-state index in [2.05, 4.69) is 5.32 Å². The molecule has 0 spiro atoms. The summed E-state index contributed by atoms with van der Waals surface area (Å²) in [6.07, 6.45) is -0.651. The highest BCUT2D eigenvalue weighted by molar-refractivity contribution is 5.81. The molecular formula is C20H25NO5. The quantitative estimate of drug-likeness (QED) is 0.783. The van der Waals surface area contributed by atoms with Gasteiger partial charge >= 0.3 is 0 Å². The van der Waals surface area contributed by atoms with Crippen molar-refractivity contribution in [3.63, 3.8) is 0 Å². The Hall–Kier alpha value is -2.89. The summed E-state index contributed by atoms with van der Waals surface area (Å²) in [5.74, 6) is 2.48. The van der Waals surface area contributed by atoms with Crippen LogP contribution in [0, 0.1) is 0 Å². The fourth-order valence-corrected chi connectivity index (χ4v) is 2.50. The first-order valence-corrected chi connectivity index (χ1v) is 8.31. The van der Waals surface area contributed by atoms with Crippen molar-refractivity contribution in [3.05, 3.63) is 48.0 Å². The molecule has 2 aromatic rings. The lowest BCUT2D eigenvalue weighted by molar-refractivity contribution is -0.127. The first kappa shape index (κ1) is 19.4. The number of amides is 1. The third-order valence-electron chi connectivity index (χ3n) is 4.00. The zero-order chi connectivity index (χ0) is 19.1. The van der Waals surface area contributed by atoms with Crippen LogP contribution < -0.4 is 24.3 Å². The Morgan fingerprint density at radius 1 is 0.846 bits per heavy atom. The second-order valence-corrected chi connectivity index (χ2v) is 5.77. The molecule has 0 saturated carbocycles. The van der Waals surface area contributed by atoms with Gasteiger partial charge in [0.1, 0.15) is 23.0 Å². The zero-order valence-corrected chi connectivity index (χ0v) is 15.7. The zero-order valence-electron chi connectivity index (χ0n) is 15.7. The van der Waals surface area contributed by atoms with E-state index in [1.165, 1.54) is 0 Å². The smallest absolute Gasteiger partial charge is 0.261 e. The molecule has 6 nitrogen and oxygen atoms in total. The van der Waals surface area contributed by atoms with E-state index in [1.807, 2.05) is 25.1 Å². The van der Waals surface area contributed by atoms with Crippen molar-refractivity contribution >= 4 is 5.91 Å². The molecule has 2 atom stereocenters. The van der Waals surface area contributed by atoms with Crippen molar-refractivity contribution < 1.29 is 23.7 Å². The Bertz CT molecular complexity index is 729. The van der Waals surface area contributed by atoms with Gasteiger partial charge in [0.2, 0.25) is 0 Å². The van der Waals surface area contributed by atoms with Gasteiger partial charge in [0.15, 0.2) is 6.10 Å². The predicted molar refractivity (Wildman–Crippen MR) is 99.2 cm³/mol. The average Bonchev–Trinajstić information content (AvgIpc) is 2.67. The monoisotopic (exact) mass is 359 g/mol. The molecule has 0 aromatic heterocycles. The number of ether oxygens (including phenoxy) is 4. The number of benzene rings is 2. The first-order valence-electron chi connectivity index (χ1n) is 8.31. The SMILES string of the molecule is COc1ccc(O[C@H](C)C(=O)N[C@@H](C)c2cc(OC)ccc2OC)cc1. The fourth-order valence-electron chi connectivity index (χ4n) is 2.50. The third kappa shape index (κ3) is 4.81. The maximum Gasteiger partial charge on any atom is 0.261 e. The van der Waals surface area contributed by atoms with Crippen molar-refractivity contribution in [2.24, 2.45) is 0 Å². The predicted octanol–water partition coefficient (Wildman–Crippen LogP) is 3.36. The summed E-state index contributed by atoms with van der Waals surface area (Å²) >= 11 is 0. The Kier molecular flexibility index (Phi) is 6.72. The maximum atomic E-state index is 12.5. The van der Waals surface area contributed by atoms with Gasteiger partial charge in [-0.15, -0.1) is 0 Å². The Balaban J connectivity index is 2.03. The molecule has 1 amide bonds. The number of nitrogens with one attached hydrogen (secondary N) is 1. The summed E-state index contributed by atoms with van der Waals surface area (Å²) in [5, 5.41) is 2.94. The van der Waals surface area contributed by atoms with E-state index < -0.39 is 6.10 Å². The molecular weight excluding hydrogens is 334 g/mol. The molecule has 0 unspecified atom stereocenters. The van der Waals surface area contributed by atoms with Gasteiger partial charge < -0.3 is 24.3 Å². The second-order valence-electron chi connectivity index (χ2n) is 5.77. The molecule has 0 radical (unpaired) electrons.